The molecule has 0 aliphatic rings. The van der Waals surface area contributed by atoms with Crippen molar-refractivity contribution in [1.82, 2.24) is 4.98 Å². The number of carboxylic acids is 1. The summed E-state index contributed by atoms with van der Waals surface area (Å²) in [6.45, 7) is -2.96. The topological polar surface area (TPSA) is 62.3 Å². The van der Waals surface area contributed by atoms with Crippen molar-refractivity contribution in [3.8, 4) is 16.9 Å². The van der Waals surface area contributed by atoms with E-state index in [4.69, 9.17) is 5.11 Å². The Kier molecular flexibility index (Phi) is 3.27. The lowest BCUT2D eigenvalue weighted by molar-refractivity contribution is -0.0494. The van der Waals surface area contributed by atoms with E-state index in [0.29, 0.717) is 11.1 Å². The third-order valence-corrected chi connectivity index (χ3v) is 2.37. The average Bonchev–Trinajstić information content (AvgIpc) is 2.77. The van der Waals surface area contributed by atoms with E-state index in [0.717, 1.165) is 0 Å². The van der Waals surface area contributed by atoms with Crippen molar-refractivity contribution in [3.63, 3.8) is 0 Å². The number of ether oxygens (including phenoxy) is 1. The van der Waals surface area contributed by atoms with E-state index in [1.165, 1.54) is 30.6 Å². The van der Waals surface area contributed by atoms with Gasteiger partial charge in [0.2, 0.25) is 0 Å². The van der Waals surface area contributed by atoms with Crippen molar-refractivity contribution < 1.29 is 23.4 Å². The van der Waals surface area contributed by atoms with Crippen LogP contribution in [-0.4, -0.2) is 22.7 Å². The maximum atomic E-state index is 12.3. The zero-order valence-electron chi connectivity index (χ0n) is 9.06. The normalized spacial score (nSPS) is 10.6. The minimum Gasteiger partial charge on any atom is -0.478 e. The van der Waals surface area contributed by atoms with E-state index in [-0.39, 0.29) is 11.3 Å². The minimum absolute atomic E-state index is 0.000293. The lowest BCUT2D eigenvalue weighted by atomic mass is 10.0. The molecule has 2 N–H and O–H groups in total. The summed E-state index contributed by atoms with van der Waals surface area (Å²) in [4.78, 5) is 13.6. The molecule has 0 saturated carbocycles. The van der Waals surface area contributed by atoms with Gasteiger partial charge in [0.15, 0.2) is 0 Å². The molecule has 6 heteroatoms. The van der Waals surface area contributed by atoms with E-state index in [1.54, 1.807) is 6.07 Å². The SMILES string of the molecule is O=C(O)c1c[nH]cc1-c1ccccc1OC(F)F. The Morgan fingerprint density at radius 1 is 1.22 bits per heavy atom. The lowest BCUT2D eigenvalue weighted by Gasteiger charge is -2.10. The van der Waals surface area contributed by atoms with Crippen LogP contribution in [-0.2, 0) is 0 Å². The maximum absolute atomic E-state index is 12.3. The second-order valence-electron chi connectivity index (χ2n) is 3.46. The number of carboxylic acid groups (broad SMARTS) is 1. The third-order valence-electron chi connectivity index (χ3n) is 2.37. The van der Waals surface area contributed by atoms with E-state index in [2.05, 4.69) is 9.72 Å². The number of hydrogen-bond donors (Lipinski definition) is 2. The van der Waals surface area contributed by atoms with Gasteiger partial charge in [-0.05, 0) is 6.07 Å². The van der Waals surface area contributed by atoms with Crippen molar-refractivity contribution in [3.05, 3.63) is 42.2 Å². The van der Waals surface area contributed by atoms with Crippen LogP contribution in [0.5, 0.6) is 5.75 Å². The van der Waals surface area contributed by atoms with Crippen molar-refractivity contribution >= 4 is 5.97 Å². The van der Waals surface area contributed by atoms with Crippen molar-refractivity contribution in [2.24, 2.45) is 0 Å². The quantitative estimate of drug-likeness (QED) is 0.880. The van der Waals surface area contributed by atoms with E-state index < -0.39 is 12.6 Å². The third kappa shape index (κ3) is 2.32. The van der Waals surface area contributed by atoms with Gasteiger partial charge >= 0.3 is 12.6 Å². The smallest absolute Gasteiger partial charge is 0.387 e. The Balaban J connectivity index is 2.50. The molecule has 0 saturated heterocycles. The molecule has 94 valence electrons. The molecular formula is C12H9F2NO3. The molecule has 0 aliphatic heterocycles. The summed E-state index contributed by atoms with van der Waals surface area (Å²) in [7, 11) is 0. The van der Waals surface area contributed by atoms with Gasteiger partial charge in [-0.15, -0.1) is 0 Å². The number of carbonyl (C=O) groups is 1. The van der Waals surface area contributed by atoms with Crippen LogP contribution in [0.2, 0.25) is 0 Å². The van der Waals surface area contributed by atoms with Crippen LogP contribution in [0.1, 0.15) is 10.4 Å². The molecular weight excluding hydrogens is 244 g/mol. The molecule has 4 nitrogen and oxygen atoms in total. The summed E-state index contributed by atoms with van der Waals surface area (Å²) in [5.74, 6) is -1.20. The van der Waals surface area contributed by atoms with Gasteiger partial charge in [-0.1, -0.05) is 18.2 Å². The van der Waals surface area contributed by atoms with Crippen LogP contribution in [0, 0.1) is 0 Å². The highest BCUT2D eigenvalue weighted by atomic mass is 19.3. The van der Waals surface area contributed by atoms with E-state index >= 15 is 0 Å². The fraction of sp³-hybridized carbons (Fsp3) is 0.0833. The molecule has 0 unspecified atom stereocenters. The highest BCUT2D eigenvalue weighted by Crippen LogP contribution is 2.33. The highest BCUT2D eigenvalue weighted by molar-refractivity contribution is 5.96. The number of H-pyrrole nitrogens is 1. The van der Waals surface area contributed by atoms with Gasteiger partial charge < -0.3 is 14.8 Å². The number of rotatable bonds is 4. The van der Waals surface area contributed by atoms with Crippen LogP contribution in [0.15, 0.2) is 36.7 Å². The second kappa shape index (κ2) is 4.87. The van der Waals surface area contributed by atoms with Crippen molar-refractivity contribution in [2.45, 2.75) is 6.61 Å². The zero-order valence-corrected chi connectivity index (χ0v) is 9.06. The Labute approximate surface area is 101 Å². The number of aromatic carboxylic acids is 1. The molecule has 0 fully saturated rings. The van der Waals surface area contributed by atoms with Gasteiger partial charge in [0.25, 0.3) is 0 Å². The first kappa shape index (κ1) is 12.1. The summed E-state index contributed by atoms with van der Waals surface area (Å²) in [5.41, 5.74) is 0.607. The Hall–Kier alpha value is -2.37. The maximum Gasteiger partial charge on any atom is 0.387 e. The number of alkyl halides is 2. The number of benzene rings is 1. The van der Waals surface area contributed by atoms with Gasteiger partial charge in [0, 0.05) is 23.5 Å². The zero-order chi connectivity index (χ0) is 13.1. The predicted molar refractivity (Wildman–Crippen MR) is 59.8 cm³/mol. The fourth-order valence-corrected chi connectivity index (χ4v) is 1.65. The lowest BCUT2D eigenvalue weighted by Crippen LogP contribution is -2.04. The molecule has 2 rings (SSSR count). The van der Waals surface area contributed by atoms with Crippen molar-refractivity contribution in [1.29, 1.82) is 0 Å². The molecule has 1 aromatic carbocycles. The van der Waals surface area contributed by atoms with Gasteiger partial charge in [-0.25, -0.2) is 4.79 Å². The van der Waals surface area contributed by atoms with Crippen LogP contribution >= 0.6 is 0 Å². The molecule has 0 atom stereocenters. The Morgan fingerprint density at radius 3 is 2.61 bits per heavy atom. The predicted octanol–water partition coefficient (Wildman–Crippen LogP) is 2.98. The summed E-state index contributed by atoms with van der Waals surface area (Å²) < 4.78 is 28.9. The molecule has 0 radical (unpaired) electrons. The first-order valence-electron chi connectivity index (χ1n) is 5.04. The molecule has 1 aromatic heterocycles. The minimum atomic E-state index is -2.96. The second-order valence-corrected chi connectivity index (χ2v) is 3.46. The van der Waals surface area contributed by atoms with Crippen LogP contribution < -0.4 is 4.74 Å². The Morgan fingerprint density at radius 2 is 1.94 bits per heavy atom. The number of aromatic amines is 1. The summed E-state index contributed by atoms with van der Waals surface area (Å²) in [6, 6.07) is 6.04. The molecule has 18 heavy (non-hydrogen) atoms. The molecule has 2 aromatic rings. The van der Waals surface area contributed by atoms with Crippen LogP contribution in [0.3, 0.4) is 0 Å². The first-order valence-corrected chi connectivity index (χ1v) is 5.04. The number of halogens is 2. The Bertz CT molecular complexity index is 566. The number of hydrogen-bond acceptors (Lipinski definition) is 2. The van der Waals surface area contributed by atoms with E-state index in [1.807, 2.05) is 0 Å². The van der Waals surface area contributed by atoms with Gasteiger partial charge in [-0.2, -0.15) is 8.78 Å². The summed E-state index contributed by atoms with van der Waals surface area (Å²) in [6.07, 6.45) is 2.72. The number of nitrogens with one attached hydrogen (secondary N) is 1. The van der Waals surface area contributed by atoms with Crippen LogP contribution in [0.25, 0.3) is 11.1 Å². The van der Waals surface area contributed by atoms with Crippen LogP contribution in [0.4, 0.5) is 8.78 Å². The molecule has 0 spiro atoms. The van der Waals surface area contributed by atoms with E-state index in [9.17, 15) is 13.6 Å². The monoisotopic (exact) mass is 253 g/mol. The molecule has 0 amide bonds. The largest absolute Gasteiger partial charge is 0.478 e. The fourth-order valence-electron chi connectivity index (χ4n) is 1.65. The summed E-state index contributed by atoms with van der Waals surface area (Å²) in [5, 5.41) is 8.98. The van der Waals surface area contributed by atoms with Gasteiger partial charge in [-0.3, -0.25) is 0 Å². The molecule has 0 aliphatic carbocycles. The first-order chi connectivity index (χ1) is 8.59. The number of aromatic nitrogens is 1. The van der Waals surface area contributed by atoms with Gasteiger partial charge in [0.1, 0.15) is 5.75 Å². The number of para-hydroxylation sites is 1. The summed E-state index contributed by atoms with van der Waals surface area (Å²) >= 11 is 0. The average molecular weight is 253 g/mol. The van der Waals surface area contributed by atoms with Crippen molar-refractivity contribution in [2.75, 3.05) is 0 Å². The standard InChI is InChI=1S/C12H9F2NO3/c13-12(14)18-10-4-2-1-3-7(10)8-5-15-6-9(8)11(16)17/h1-6,12,15H,(H,16,17). The highest BCUT2D eigenvalue weighted by Gasteiger charge is 2.17. The molecule has 0 bridgehead atoms. The van der Waals surface area contributed by atoms with Gasteiger partial charge in [0.05, 0.1) is 5.56 Å². The molecule has 1 heterocycles.